The van der Waals surface area contributed by atoms with Gasteiger partial charge in [-0.1, -0.05) is 50.2 Å². The van der Waals surface area contributed by atoms with Crippen molar-refractivity contribution in [1.29, 1.82) is 0 Å². The van der Waals surface area contributed by atoms with Crippen molar-refractivity contribution in [3.63, 3.8) is 0 Å². The van der Waals surface area contributed by atoms with Crippen molar-refractivity contribution < 1.29 is 19.1 Å². The molecule has 150 valence electrons. The Morgan fingerprint density at radius 1 is 0.964 bits per heavy atom. The lowest BCUT2D eigenvalue weighted by atomic mass is 10.0. The molecular formula is C23H29NO4. The molecule has 0 unspecified atom stereocenters. The highest BCUT2D eigenvalue weighted by atomic mass is 16.5. The van der Waals surface area contributed by atoms with Crippen LogP contribution in [0.25, 0.3) is 0 Å². The molecule has 0 spiro atoms. The molecule has 5 heteroatoms. The van der Waals surface area contributed by atoms with E-state index in [2.05, 4.69) is 5.32 Å². The minimum atomic E-state index is -0.850. The summed E-state index contributed by atoms with van der Waals surface area (Å²) in [5.41, 5.74) is 2.98. The zero-order chi connectivity index (χ0) is 20.4. The van der Waals surface area contributed by atoms with Crippen LogP contribution >= 0.6 is 0 Å². The first-order chi connectivity index (χ1) is 13.5. The molecule has 2 aromatic carbocycles. The predicted molar refractivity (Wildman–Crippen MR) is 111 cm³/mol. The lowest BCUT2D eigenvalue weighted by molar-refractivity contribution is -0.153. The number of amides is 1. The normalized spacial score (nSPS) is 11.5. The van der Waals surface area contributed by atoms with E-state index < -0.39 is 12.1 Å². The average molecular weight is 383 g/mol. The molecule has 0 fully saturated rings. The lowest BCUT2D eigenvalue weighted by Gasteiger charge is -2.18. The third-order valence-electron chi connectivity index (χ3n) is 4.46. The van der Waals surface area contributed by atoms with Gasteiger partial charge in [-0.05, 0) is 49.4 Å². The Bertz CT molecular complexity index is 751. The third kappa shape index (κ3) is 6.41. The SMILES string of the molecule is CCc1cccc(CC)c1NC(=O)[C@H](C)OC(=O)CCCOc1ccccc1. The Morgan fingerprint density at radius 3 is 2.21 bits per heavy atom. The van der Waals surface area contributed by atoms with Gasteiger partial charge >= 0.3 is 5.97 Å². The van der Waals surface area contributed by atoms with E-state index in [9.17, 15) is 9.59 Å². The minimum Gasteiger partial charge on any atom is -0.494 e. The van der Waals surface area contributed by atoms with Crippen molar-refractivity contribution in [3.8, 4) is 5.75 Å². The zero-order valence-corrected chi connectivity index (χ0v) is 16.9. The van der Waals surface area contributed by atoms with Crippen LogP contribution in [0.3, 0.4) is 0 Å². The molecule has 0 radical (unpaired) electrons. The van der Waals surface area contributed by atoms with Crippen LogP contribution in [0.4, 0.5) is 5.69 Å². The van der Waals surface area contributed by atoms with Gasteiger partial charge in [-0.3, -0.25) is 9.59 Å². The summed E-state index contributed by atoms with van der Waals surface area (Å²) in [6, 6.07) is 15.4. The molecule has 0 aliphatic carbocycles. The van der Waals surface area contributed by atoms with Gasteiger partial charge in [-0.25, -0.2) is 0 Å². The van der Waals surface area contributed by atoms with Crippen molar-refractivity contribution >= 4 is 17.6 Å². The number of carbonyl (C=O) groups excluding carboxylic acids is 2. The summed E-state index contributed by atoms with van der Waals surface area (Å²) in [5.74, 6) is 0.0493. The Morgan fingerprint density at radius 2 is 1.61 bits per heavy atom. The quantitative estimate of drug-likeness (QED) is 0.483. The maximum atomic E-state index is 12.5. The van der Waals surface area contributed by atoms with E-state index in [1.807, 2.05) is 62.4 Å². The Balaban J connectivity index is 1.79. The van der Waals surface area contributed by atoms with Crippen LogP contribution in [0.5, 0.6) is 5.75 Å². The van der Waals surface area contributed by atoms with Gasteiger partial charge in [0.15, 0.2) is 6.10 Å². The minimum absolute atomic E-state index is 0.205. The van der Waals surface area contributed by atoms with Crippen molar-refractivity contribution in [2.24, 2.45) is 0 Å². The standard InChI is InChI=1S/C23H29NO4/c1-4-18-11-9-12-19(5-2)22(18)24-23(26)17(3)28-21(25)15-10-16-27-20-13-7-6-8-14-20/h6-9,11-14,17H,4-5,10,15-16H2,1-3H3,(H,24,26)/t17-/m0/s1. The molecule has 0 aliphatic rings. The van der Waals surface area contributed by atoms with Gasteiger partial charge in [0.2, 0.25) is 0 Å². The van der Waals surface area contributed by atoms with Crippen molar-refractivity contribution in [2.75, 3.05) is 11.9 Å². The molecule has 2 aromatic rings. The molecule has 1 N–H and O–H groups in total. The maximum Gasteiger partial charge on any atom is 0.306 e. The number of aryl methyl sites for hydroxylation is 2. The van der Waals surface area contributed by atoms with E-state index in [0.29, 0.717) is 13.0 Å². The summed E-state index contributed by atoms with van der Waals surface area (Å²) in [5, 5.41) is 2.93. The first-order valence-corrected chi connectivity index (χ1v) is 9.84. The fraction of sp³-hybridized carbons (Fsp3) is 0.391. The molecule has 0 aliphatic heterocycles. The molecule has 0 bridgehead atoms. The first kappa shape index (κ1) is 21.5. The number of esters is 1. The topological polar surface area (TPSA) is 64.6 Å². The number of nitrogens with one attached hydrogen (secondary N) is 1. The highest BCUT2D eigenvalue weighted by Crippen LogP contribution is 2.23. The Hall–Kier alpha value is -2.82. The van der Waals surface area contributed by atoms with Crippen molar-refractivity contribution in [2.45, 2.75) is 52.6 Å². The monoisotopic (exact) mass is 383 g/mol. The highest BCUT2D eigenvalue weighted by Gasteiger charge is 2.19. The van der Waals surface area contributed by atoms with Crippen LogP contribution in [0, 0.1) is 0 Å². The van der Waals surface area contributed by atoms with E-state index in [1.54, 1.807) is 6.92 Å². The molecule has 2 rings (SSSR count). The highest BCUT2D eigenvalue weighted by molar-refractivity contribution is 5.96. The molecule has 0 aromatic heterocycles. The predicted octanol–water partition coefficient (Wildman–Crippen LogP) is 4.54. The average Bonchev–Trinajstić information content (AvgIpc) is 2.72. The number of para-hydroxylation sites is 2. The van der Waals surface area contributed by atoms with Crippen LogP contribution in [-0.4, -0.2) is 24.6 Å². The number of hydrogen-bond acceptors (Lipinski definition) is 4. The van der Waals surface area contributed by atoms with Crippen molar-refractivity contribution in [1.82, 2.24) is 0 Å². The molecule has 0 saturated carbocycles. The number of rotatable bonds is 10. The fourth-order valence-electron chi connectivity index (χ4n) is 2.86. The largest absolute Gasteiger partial charge is 0.494 e. The summed E-state index contributed by atoms with van der Waals surface area (Å²) in [7, 11) is 0. The van der Waals surface area contributed by atoms with Crippen molar-refractivity contribution in [3.05, 3.63) is 59.7 Å². The Labute approximate surface area is 167 Å². The van der Waals surface area contributed by atoms with Crippen LogP contribution in [0.2, 0.25) is 0 Å². The van der Waals surface area contributed by atoms with Crippen LogP contribution in [0.1, 0.15) is 44.7 Å². The Kier molecular flexibility index (Phi) is 8.53. The molecule has 0 saturated heterocycles. The number of hydrogen-bond donors (Lipinski definition) is 1. The van der Waals surface area contributed by atoms with Crippen LogP contribution < -0.4 is 10.1 Å². The van der Waals surface area contributed by atoms with E-state index in [0.717, 1.165) is 35.4 Å². The molecule has 1 amide bonds. The molecule has 28 heavy (non-hydrogen) atoms. The second-order valence-electron chi connectivity index (χ2n) is 6.54. The molecular weight excluding hydrogens is 354 g/mol. The third-order valence-corrected chi connectivity index (χ3v) is 4.46. The summed E-state index contributed by atoms with van der Waals surface area (Å²) >= 11 is 0. The van der Waals surface area contributed by atoms with Crippen LogP contribution in [-0.2, 0) is 27.2 Å². The maximum absolute atomic E-state index is 12.5. The fourth-order valence-corrected chi connectivity index (χ4v) is 2.86. The number of carbonyl (C=O) groups is 2. The van der Waals surface area contributed by atoms with E-state index in [1.165, 1.54) is 0 Å². The molecule has 0 heterocycles. The number of anilines is 1. The van der Waals surface area contributed by atoms with E-state index in [4.69, 9.17) is 9.47 Å². The summed E-state index contributed by atoms with van der Waals surface area (Å²) in [6.45, 7) is 6.11. The number of benzene rings is 2. The summed E-state index contributed by atoms with van der Waals surface area (Å²) < 4.78 is 10.8. The van der Waals surface area contributed by atoms with Gasteiger partial charge in [0, 0.05) is 12.1 Å². The summed E-state index contributed by atoms with van der Waals surface area (Å²) in [4.78, 5) is 24.5. The van der Waals surface area contributed by atoms with Gasteiger partial charge in [0.25, 0.3) is 5.91 Å². The van der Waals surface area contributed by atoms with Gasteiger partial charge in [0.1, 0.15) is 5.75 Å². The lowest BCUT2D eigenvalue weighted by Crippen LogP contribution is -2.30. The molecule has 5 nitrogen and oxygen atoms in total. The van der Waals surface area contributed by atoms with Gasteiger partial charge in [0.05, 0.1) is 6.61 Å². The van der Waals surface area contributed by atoms with Crippen LogP contribution in [0.15, 0.2) is 48.5 Å². The van der Waals surface area contributed by atoms with E-state index >= 15 is 0 Å². The number of ether oxygens (including phenoxy) is 2. The van der Waals surface area contributed by atoms with E-state index in [-0.39, 0.29) is 12.3 Å². The van der Waals surface area contributed by atoms with Gasteiger partial charge < -0.3 is 14.8 Å². The second kappa shape index (κ2) is 11.1. The summed E-state index contributed by atoms with van der Waals surface area (Å²) in [6.07, 6.45) is 1.52. The smallest absolute Gasteiger partial charge is 0.306 e. The first-order valence-electron chi connectivity index (χ1n) is 9.84. The van der Waals surface area contributed by atoms with Gasteiger partial charge in [-0.2, -0.15) is 0 Å². The van der Waals surface area contributed by atoms with Gasteiger partial charge in [-0.15, -0.1) is 0 Å². The second-order valence-corrected chi connectivity index (χ2v) is 6.54. The zero-order valence-electron chi connectivity index (χ0n) is 16.9. The molecule has 1 atom stereocenters.